The second kappa shape index (κ2) is 3.48. The van der Waals surface area contributed by atoms with Crippen LogP contribution in [0.15, 0.2) is 0 Å². The fourth-order valence-electron chi connectivity index (χ4n) is 0.254. The van der Waals surface area contributed by atoms with Gasteiger partial charge < -0.3 is 0 Å². The van der Waals surface area contributed by atoms with Gasteiger partial charge in [-0.05, 0) is 0 Å². The van der Waals surface area contributed by atoms with Crippen LogP contribution in [0.2, 0.25) is 0 Å². The number of rotatable bonds is 3. The van der Waals surface area contributed by atoms with E-state index in [1.54, 1.807) is 6.92 Å². The standard InChI is InChI=1S/C3H8BO3S2/c1-2-9(4,7)3-8(5)6/h2-3H2,1H3,(H,5,6). The molecular formula is C3H8BO3S2. The summed E-state index contributed by atoms with van der Waals surface area (Å²) >= 11 is -2.04. The Kier molecular flexibility index (Phi) is 3.61. The van der Waals surface area contributed by atoms with Gasteiger partial charge in [0.15, 0.2) is 0 Å². The molecule has 0 aliphatic heterocycles. The van der Waals surface area contributed by atoms with Crippen LogP contribution in [0.1, 0.15) is 6.92 Å². The Balaban J connectivity index is 4.06. The van der Waals surface area contributed by atoms with E-state index in [0.29, 0.717) is 0 Å². The van der Waals surface area contributed by atoms with Crippen molar-refractivity contribution in [3.63, 3.8) is 0 Å². The van der Waals surface area contributed by atoms with Crippen LogP contribution >= 0.6 is 0 Å². The first-order chi connectivity index (χ1) is 3.98. The number of hydrogen-bond acceptors (Lipinski definition) is 2. The molecule has 9 heavy (non-hydrogen) atoms. The van der Waals surface area contributed by atoms with Gasteiger partial charge in [0.05, 0.1) is 0 Å². The molecule has 0 bridgehead atoms. The maximum atomic E-state index is 10.8. The molecule has 1 N–H and O–H groups in total. The van der Waals surface area contributed by atoms with E-state index < -0.39 is 20.4 Å². The molecule has 0 heterocycles. The van der Waals surface area contributed by atoms with Gasteiger partial charge in [-0.25, -0.2) is 0 Å². The summed E-state index contributed by atoms with van der Waals surface area (Å²) in [6, 6.07) is 0. The normalized spacial score (nSPS) is 20.6. The van der Waals surface area contributed by atoms with Gasteiger partial charge in [-0.15, -0.1) is 0 Å². The molecule has 0 aromatic heterocycles. The third kappa shape index (κ3) is 4.81. The van der Waals surface area contributed by atoms with E-state index in [2.05, 4.69) is 0 Å². The van der Waals surface area contributed by atoms with Gasteiger partial charge in [-0.3, -0.25) is 0 Å². The Morgan fingerprint density at radius 1 is 1.78 bits per heavy atom. The second-order valence-corrected chi connectivity index (χ2v) is 5.50. The average molecular weight is 167 g/mol. The summed E-state index contributed by atoms with van der Waals surface area (Å²) in [5, 5.41) is -0.316. The molecule has 2 atom stereocenters. The van der Waals surface area contributed by atoms with E-state index >= 15 is 0 Å². The first-order valence-electron chi connectivity index (χ1n) is 2.32. The summed E-state index contributed by atoms with van der Waals surface area (Å²) in [6.07, 6.45) is 0. The van der Waals surface area contributed by atoms with Crippen molar-refractivity contribution in [1.82, 2.24) is 0 Å². The van der Waals surface area contributed by atoms with Gasteiger partial charge in [-0.2, -0.15) is 0 Å². The second-order valence-electron chi connectivity index (χ2n) is 1.60. The van der Waals surface area contributed by atoms with Crippen LogP contribution in [-0.2, 0) is 20.4 Å². The van der Waals surface area contributed by atoms with E-state index in [1.807, 2.05) is 0 Å². The molecule has 0 fully saturated rings. The fraction of sp³-hybridized carbons (Fsp3) is 1.00. The predicted octanol–water partition coefficient (Wildman–Crippen LogP) is -0.447. The molecule has 6 heteroatoms. The predicted molar refractivity (Wildman–Crippen MR) is 40.1 cm³/mol. The Morgan fingerprint density at radius 3 is 2.33 bits per heavy atom. The Morgan fingerprint density at radius 2 is 2.22 bits per heavy atom. The van der Waals surface area contributed by atoms with Crippen molar-refractivity contribution in [3.05, 3.63) is 0 Å². The zero-order valence-corrected chi connectivity index (χ0v) is 6.70. The summed E-state index contributed by atoms with van der Waals surface area (Å²) in [4.78, 5) is 0. The maximum absolute atomic E-state index is 10.8. The third-order valence-electron chi connectivity index (χ3n) is 0.789. The molecule has 3 nitrogen and oxygen atoms in total. The van der Waals surface area contributed by atoms with Crippen LogP contribution in [-0.4, -0.2) is 30.5 Å². The van der Waals surface area contributed by atoms with Crippen LogP contribution in [0.25, 0.3) is 0 Å². The SMILES string of the molecule is [B]=S(=O)(CC)CS(=O)O. The molecule has 0 saturated heterocycles. The van der Waals surface area contributed by atoms with Gasteiger partial charge >= 0.3 is 57.9 Å². The van der Waals surface area contributed by atoms with Crippen molar-refractivity contribution in [2.75, 3.05) is 10.8 Å². The molecule has 0 spiro atoms. The van der Waals surface area contributed by atoms with Crippen molar-refractivity contribution < 1.29 is 13.0 Å². The van der Waals surface area contributed by atoms with Crippen LogP contribution in [0, 0.1) is 0 Å². The molecule has 2 unspecified atom stereocenters. The quantitative estimate of drug-likeness (QED) is 0.457. The van der Waals surface area contributed by atoms with Gasteiger partial charge in [0.2, 0.25) is 0 Å². The summed E-state index contributed by atoms with van der Waals surface area (Å²) in [6.45, 7) is 6.71. The molecule has 0 aromatic rings. The molecule has 0 saturated carbocycles. The van der Waals surface area contributed by atoms with Crippen LogP contribution < -0.4 is 0 Å². The summed E-state index contributed by atoms with van der Waals surface area (Å²) < 4.78 is 29.0. The zero-order chi connectivity index (χ0) is 7.49. The molecule has 0 aliphatic carbocycles. The molecule has 0 aliphatic rings. The minimum atomic E-state index is -2.52. The van der Waals surface area contributed by atoms with Crippen molar-refractivity contribution in [3.8, 4) is 0 Å². The molecular weight excluding hydrogens is 159 g/mol. The summed E-state index contributed by atoms with van der Waals surface area (Å²) in [5.74, 6) is 0.249. The fourth-order valence-corrected chi connectivity index (χ4v) is 2.29. The molecule has 0 rings (SSSR count). The van der Waals surface area contributed by atoms with Gasteiger partial charge in [0, 0.05) is 0 Å². The van der Waals surface area contributed by atoms with Gasteiger partial charge in [-0.1, -0.05) is 0 Å². The van der Waals surface area contributed by atoms with Gasteiger partial charge in [0.25, 0.3) is 0 Å². The zero-order valence-electron chi connectivity index (χ0n) is 5.07. The average Bonchev–Trinajstić information content (AvgIpc) is 1.63. The van der Waals surface area contributed by atoms with Crippen LogP contribution in [0.5, 0.6) is 0 Å². The molecule has 0 amide bonds. The monoisotopic (exact) mass is 167 g/mol. The Hall–Kier alpha value is 0.325. The van der Waals surface area contributed by atoms with Crippen molar-refractivity contribution in [2.45, 2.75) is 6.92 Å². The first-order valence-corrected chi connectivity index (χ1v) is 5.56. The van der Waals surface area contributed by atoms with Crippen LogP contribution in [0.3, 0.4) is 0 Å². The first kappa shape index (κ1) is 9.32. The molecule has 53 valence electrons. The minimum absolute atomic E-state index is 0.249. The van der Waals surface area contributed by atoms with E-state index in [4.69, 9.17) is 11.3 Å². The van der Waals surface area contributed by atoms with Crippen molar-refractivity contribution in [2.24, 2.45) is 0 Å². The topological polar surface area (TPSA) is 54.4 Å². The van der Waals surface area contributed by atoms with E-state index in [1.165, 1.54) is 0 Å². The Bertz CT molecular complexity index is 195. The van der Waals surface area contributed by atoms with E-state index in [9.17, 15) is 8.42 Å². The molecule has 1 radical (unpaired) electrons. The van der Waals surface area contributed by atoms with Crippen molar-refractivity contribution >= 4 is 27.2 Å². The summed E-state index contributed by atoms with van der Waals surface area (Å²) in [7, 11) is -2.52. The van der Waals surface area contributed by atoms with Gasteiger partial charge in [0.1, 0.15) is 0 Å². The van der Waals surface area contributed by atoms with Crippen LogP contribution in [0.4, 0.5) is 0 Å². The number of hydrogen-bond donors (Lipinski definition) is 1. The van der Waals surface area contributed by atoms with E-state index in [-0.39, 0.29) is 10.8 Å². The van der Waals surface area contributed by atoms with Crippen molar-refractivity contribution in [1.29, 1.82) is 0 Å². The molecule has 0 aromatic carbocycles. The Labute approximate surface area is 58.4 Å². The summed E-state index contributed by atoms with van der Waals surface area (Å²) in [5.41, 5.74) is 0. The van der Waals surface area contributed by atoms with E-state index in [0.717, 1.165) is 0 Å². The third-order valence-corrected chi connectivity index (χ3v) is 4.17.